The summed E-state index contributed by atoms with van der Waals surface area (Å²) in [6.07, 6.45) is 0. The van der Waals surface area contributed by atoms with Crippen LogP contribution in [-0.4, -0.2) is 30.6 Å². The number of methoxy groups -OCH3 is 1. The van der Waals surface area contributed by atoms with Crippen molar-refractivity contribution in [1.82, 2.24) is 5.17 Å². The zero-order valence-electron chi connectivity index (χ0n) is 4.29. The molecule has 0 amide bonds. The summed E-state index contributed by atoms with van der Waals surface area (Å²) in [6.45, 7) is 0.795. The molecule has 0 aromatic rings. The van der Waals surface area contributed by atoms with Crippen LogP contribution in [0.5, 0.6) is 0 Å². The first kappa shape index (κ1) is 6.84. The van der Waals surface area contributed by atoms with Gasteiger partial charge in [0.05, 0.1) is 13.2 Å². The lowest BCUT2D eigenvalue weighted by atomic mass is 10.7. The molecule has 0 fully saturated rings. The zero-order valence-corrected chi connectivity index (χ0v) is 4.29. The van der Waals surface area contributed by atoms with Crippen molar-refractivity contribution in [1.29, 1.82) is 0 Å². The second-order valence-electron chi connectivity index (χ2n) is 1.16. The highest BCUT2D eigenvalue weighted by atomic mass is 16.5. The summed E-state index contributed by atoms with van der Waals surface area (Å²) in [6, 6.07) is 0. The summed E-state index contributed by atoms with van der Waals surface area (Å²) in [4.78, 5) is 0. The molecule has 0 radical (unpaired) electrons. The fourth-order valence-electron chi connectivity index (χ4n) is 0.185. The monoisotopic (exact) mass is 106 g/mol. The molecule has 0 spiro atoms. The summed E-state index contributed by atoms with van der Waals surface area (Å²) in [5.41, 5.74) is 0. The lowest BCUT2D eigenvalue weighted by Gasteiger charge is -2.03. The minimum absolute atomic E-state index is 0.344. The zero-order chi connectivity index (χ0) is 5.70. The maximum absolute atomic E-state index is 8.21. The molecule has 0 atom stereocenters. The predicted octanol–water partition coefficient (Wildman–Crippen LogP) is -0.802. The van der Waals surface area contributed by atoms with E-state index in [-0.39, 0.29) is 0 Å². The van der Waals surface area contributed by atoms with Crippen molar-refractivity contribution in [3.63, 3.8) is 0 Å². The van der Waals surface area contributed by atoms with E-state index < -0.39 is 0 Å². The van der Waals surface area contributed by atoms with E-state index in [4.69, 9.17) is 11.0 Å². The maximum atomic E-state index is 8.21. The van der Waals surface area contributed by atoms with E-state index >= 15 is 0 Å². The molecule has 0 aromatic heterocycles. The van der Waals surface area contributed by atoms with Crippen LogP contribution in [0.3, 0.4) is 0 Å². The van der Waals surface area contributed by atoms with Gasteiger partial charge in [0.1, 0.15) is 0 Å². The topological polar surface area (TPSA) is 58.7 Å². The number of rotatable bonds is 3. The van der Waals surface area contributed by atoms with E-state index in [1.165, 1.54) is 0 Å². The van der Waals surface area contributed by atoms with Gasteiger partial charge in [-0.15, -0.1) is 5.17 Å². The third-order valence-corrected chi connectivity index (χ3v) is 0.525. The normalized spacial score (nSPS) is 10.3. The minimum atomic E-state index is 0.344. The van der Waals surface area contributed by atoms with Gasteiger partial charge in [-0.25, -0.2) is 5.84 Å². The Bertz CT molecular complexity index is 39.9. The molecule has 0 saturated heterocycles. The number of nitrogens with two attached hydrogens (primary N) is 1. The number of nitrogens with zero attached hydrogens (tertiary/aromatic N) is 1. The van der Waals surface area contributed by atoms with Crippen molar-refractivity contribution in [3.8, 4) is 0 Å². The van der Waals surface area contributed by atoms with Gasteiger partial charge in [-0.05, 0) is 0 Å². The Morgan fingerprint density at radius 1 is 1.86 bits per heavy atom. The van der Waals surface area contributed by atoms with Gasteiger partial charge < -0.3 is 4.74 Å². The van der Waals surface area contributed by atoms with E-state index in [9.17, 15) is 0 Å². The first-order valence-electron chi connectivity index (χ1n) is 1.97. The van der Waals surface area contributed by atoms with E-state index in [0.29, 0.717) is 18.3 Å². The van der Waals surface area contributed by atoms with Crippen LogP contribution in [-0.2, 0) is 4.74 Å². The summed E-state index contributed by atoms with van der Waals surface area (Å²) in [7, 11) is 1.55. The van der Waals surface area contributed by atoms with Crippen molar-refractivity contribution in [2.24, 2.45) is 5.84 Å². The lowest BCUT2D eigenvalue weighted by Crippen LogP contribution is -2.30. The molecule has 3 N–H and O–H groups in total. The first-order chi connectivity index (χ1) is 3.27. The number of hydrogen-bond acceptors (Lipinski definition) is 4. The van der Waals surface area contributed by atoms with Gasteiger partial charge in [-0.2, -0.15) is 0 Å². The van der Waals surface area contributed by atoms with Crippen LogP contribution in [0.4, 0.5) is 0 Å². The van der Waals surface area contributed by atoms with Crippen LogP contribution in [0.1, 0.15) is 0 Å². The SMILES string of the molecule is COCCN(N)O. The molecule has 4 heteroatoms. The van der Waals surface area contributed by atoms with Crippen LogP contribution in [0.25, 0.3) is 0 Å². The molecule has 0 heterocycles. The van der Waals surface area contributed by atoms with Crippen LogP contribution in [0.15, 0.2) is 0 Å². The van der Waals surface area contributed by atoms with Crippen molar-refractivity contribution in [3.05, 3.63) is 0 Å². The van der Waals surface area contributed by atoms with Gasteiger partial charge in [0, 0.05) is 7.11 Å². The molecule has 0 aliphatic heterocycles. The molecule has 0 bridgehead atoms. The van der Waals surface area contributed by atoms with Gasteiger partial charge in [0.25, 0.3) is 0 Å². The van der Waals surface area contributed by atoms with Crippen LogP contribution in [0, 0.1) is 0 Å². The maximum Gasteiger partial charge on any atom is 0.0630 e. The molecular weight excluding hydrogens is 96.0 g/mol. The average molecular weight is 106 g/mol. The third kappa shape index (κ3) is 5.84. The summed E-state index contributed by atoms with van der Waals surface area (Å²) < 4.78 is 4.57. The number of hydrazine groups is 1. The second kappa shape index (κ2) is 4.01. The standard InChI is InChI=1S/C3H10N2O2/c1-7-3-2-5(4)6/h6H,2-4H2,1H3. The average Bonchev–Trinajstić information content (AvgIpc) is 1.61. The molecule has 44 valence electrons. The van der Waals surface area contributed by atoms with Crippen LogP contribution >= 0.6 is 0 Å². The molecule has 7 heavy (non-hydrogen) atoms. The predicted molar refractivity (Wildman–Crippen MR) is 24.6 cm³/mol. The molecule has 4 nitrogen and oxygen atoms in total. The minimum Gasteiger partial charge on any atom is -0.383 e. The largest absolute Gasteiger partial charge is 0.383 e. The van der Waals surface area contributed by atoms with Crippen molar-refractivity contribution >= 4 is 0 Å². The van der Waals surface area contributed by atoms with Gasteiger partial charge >= 0.3 is 0 Å². The molecule has 0 saturated carbocycles. The van der Waals surface area contributed by atoms with Crippen LogP contribution in [0.2, 0.25) is 0 Å². The molecule has 0 aliphatic rings. The quantitative estimate of drug-likeness (QED) is 0.365. The van der Waals surface area contributed by atoms with E-state index in [0.717, 1.165) is 0 Å². The Kier molecular flexibility index (Phi) is 3.92. The van der Waals surface area contributed by atoms with Crippen molar-refractivity contribution in [2.45, 2.75) is 0 Å². The highest BCUT2D eigenvalue weighted by molar-refractivity contribution is 4.27. The molecule has 0 aliphatic carbocycles. The number of hydrogen-bond donors (Lipinski definition) is 2. The van der Waals surface area contributed by atoms with Gasteiger partial charge in [0.15, 0.2) is 0 Å². The van der Waals surface area contributed by atoms with Gasteiger partial charge in [0.2, 0.25) is 0 Å². The summed E-state index contributed by atoms with van der Waals surface area (Å²) in [5.74, 6) is 4.79. The first-order valence-corrected chi connectivity index (χ1v) is 1.97. The van der Waals surface area contributed by atoms with Gasteiger partial charge in [-0.3, -0.25) is 5.21 Å². The fourth-order valence-corrected chi connectivity index (χ4v) is 0.185. The molecule has 0 unspecified atom stereocenters. The third-order valence-electron chi connectivity index (χ3n) is 0.525. The number of ether oxygens (including phenoxy) is 1. The Hall–Kier alpha value is -0.160. The lowest BCUT2D eigenvalue weighted by molar-refractivity contribution is -0.103. The van der Waals surface area contributed by atoms with E-state index in [2.05, 4.69) is 4.74 Å². The van der Waals surface area contributed by atoms with E-state index in [1.54, 1.807) is 7.11 Å². The van der Waals surface area contributed by atoms with Gasteiger partial charge in [-0.1, -0.05) is 0 Å². The Morgan fingerprint density at radius 2 is 2.43 bits per heavy atom. The molecular formula is C3H10N2O2. The smallest absolute Gasteiger partial charge is 0.0630 e. The highest BCUT2D eigenvalue weighted by Gasteiger charge is 1.86. The number of hydroxylamine groups is 1. The van der Waals surface area contributed by atoms with E-state index in [1.807, 2.05) is 0 Å². The highest BCUT2D eigenvalue weighted by Crippen LogP contribution is 1.67. The second-order valence-corrected chi connectivity index (χ2v) is 1.16. The summed E-state index contributed by atoms with van der Waals surface area (Å²) in [5, 5.41) is 8.80. The molecule has 0 rings (SSSR count). The Labute approximate surface area is 42.4 Å². The molecule has 0 aromatic carbocycles. The van der Waals surface area contributed by atoms with Crippen molar-refractivity contribution in [2.75, 3.05) is 20.3 Å². The van der Waals surface area contributed by atoms with Crippen LogP contribution < -0.4 is 5.84 Å². The Morgan fingerprint density at radius 3 is 2.57 bits per heavy atom. The van der Waals surface area contributed by atoms with Crippen molar-refractivity contribution < 1.29 is 9.94 Å². The fraction of sp³-hybridized carbons (Fsp3) is 1.00. The Balaban J connectivity index is 2.68. The summed E-state index contributed by atoms with van der Waals surface area (Å²) >= 11 is 0.